The first-order valence-corrected chi connectivity index (χ1v) is 23.4. The molecule has 2 heterocycles. The van der Waals surface area contributed by atoms with Gasteiger partial charge in [-0.1, -0.05) is 83.3 Å². The van der Waals surface area contributed by atoms with Gasteiger partial charge in [0.05, 0.1) is 11.4 Å². The third-order valence-corrected chi connectivity index (χ3v) is 15.4. The number of carbonyl (C=O) groups is 2. The van der Waals surface area contributed by atoms with Crippen LogP contribution in [-0.2, 0) is 31.2 Å². The van der Waals surface area contributed by atoms with Crippen LogP contribution >= 0.6 is 22.7 Å². The molecule has 0 fully saturated rings. The fraction of sp³-hybridized carbons (Fsp3) is 0.200. The first-order chi connectivity index (χ1) is 32.1. The minimum absolute atomic E-state index is 0.00833. The minimum atomic E-state index is -6.08. The van der Waals surface area contributed by atoms with Crippen molar-refractivity contribution in [3.05, 3.63) is 143 Å². The maximum absolute atomic E-state index is 13.0. The Hall–Kier alpha value is -6.34. The number of aliphatic hydroxyl groups is 2. The molecule has 0 radical (unpaired) electrons. The Labute approximate surface area is 395 Å². The van der Waals surface area contributed by atoms with Gasteiger partial charge in [-0.3, -0.25) is 29.7 Å². The van der Waals surface area contributed by atoms with Gasteiger partial charge in [-0.05, 0) is 62.4 Å². The quantitative estimate of drug-likeness (QED) is 0.0638. The van der Waals surface area contributed by atoms with Crippen LogP contribution in [0.5, 0.6) is 0 Å². The molecule has 0 aliphatic carbocycles. The molecular weight excluding hydrogens is 1050 g/mol. The van der Waals surface area contributed by atoms with Crippen molar-refractivity contribution >= 4 is 76.2 Å². The molecule has 0 unspecified atom stereocenters. The number of benzene rings is 4. The van der Waals surface area contributed by atoms with Gasteiger partial charge in [-0.15, -0.1) is 0 Å². The summed E-state index contributed by atoms with van der Waals surface area (Å²) in [6.07, 6.45) is -24.3. The number of sulfonamides is 2. The summed E-state index contributed by atoms with van der Waals surface area (Å²) in [5, 5.41) is 23.6. The summed E-state index contributed by atoms with van der Waals surface area (Å²) < 4.78 is 210. The Morgan fingerprint density at radius 3 is 1.00 bits per heavy atom. The molecule has 0 aliphatic heterocycles. The molecule has 4 aromatic carbocycles. The molecule has 30 heteroatoms. The van der Waals surface area contributed by atoms with Crippen LogP contribution in [-0.4, -0.2) is 73.5 Å². The van der Waals surface area contributed by atoms with Gasteiger partial charge in [0, 0.05) is 33.6 Å². The fourth-order valence-electron chi connectivity index (χ4n) is 5.83. The van der Waals surface area contributed by atoms with E-state index in [1.807, 2.05) is 9.44 Å². The zero-order valence-electron chi connectivity index (χ0n) is 34.8. The minimum Gasteiger partial charge on any atom is -0.369 e. The standard InChI is InChI=1S/2C20H15F6N3O4S2/c2*1-11-16(34-17(27-11)28-15(30)12-5-3-2-4-6-12)35(32,33)29-14-9-7-13(8-10-14)18(31,19(21,22)23)20(24,25)26/h2*2-10,29,31H,1H3,(H,27,28,30). The second-order valence-electron chi connectivity index (χ2n) is 14.2. The number of hydrogen-bond donors (Lipinski definition) is 6. The summed E-state index contributed by atoms with van der Waals surface area (Å²) in [7, 11) is -8.76. The number of rotatable bonds is 12. The van der Waals surface area contributed by atoms with Gasteiger partial charge in [0.25, 0.3) is 43.1 Å². The summed E-state index contributed by atoms with van der Waals surface area (Å²) in [5.41, 5.74) is -13.5. The van der Waals surface area contributed by atoms with E-state index in [0.717, 1.165) is 0 Å². The highest BCUT2D eigenvalue weighted by Gasteiger charge is 2.72. The number of hydrogen-bond acceptors (Lipinski definition) is 12. The molecule has 2 aromatic heterocycles. The largest absolute Gasteiger partial charge is 0.430 e. The highest BCUT2D eigenvalue weighted by Crippen LogP contribution is 2.51. The van der Waals surface area contributed by atoms with Crippen molar-refractivity contribution in [2.24, 2.45) is 0 Å². The van der Waals surface area contributed by atoms with Crippen LogP contribution in [0.2, 0.25) is 0 Å². The summed E-state index contributed by atoms with van der Waals surface area (Å²) >= 11 is 1.18. The molecule has 0 bridgehead atoms. The Kier molecular flexibility index (Phi) is 15.5. The fourth-order valence-corrected chi connectivity index (χ4v) is 10.8. The molecule has 6 rings (SSSR count). The van der Waals surface area contributed by atoms with Gasteiger partial charge in [0.15, 0.2) is 18.7 Å². The first-order valence-electron chi connectivity index (χ1n) is 18.8. The number of amides is 2. The number of alkyl halides is 12. The predicted molar refractivity (Wildman–Crippen MR) is 229 cm³/mol. The predicted octanol–water partition coefficient (Wildman–Crippen LogP) is 9.63. The number of anilines is 4. The van der Waals surface area contributed by atoms with Crippen molar-refractivity contribution in [3.8, 4) is 0 Å². The van der Waals surface area contributed by atoms with Gasteiger partial charge < -0.3 is 10.2 Å². The molecule has 14 nitrogen and oxygen atoms in total. The molecule has 6 N–H and O–H groups in total. The van der Waals surface area contributed by atoms with Gasteiger partial charge in [-0.2, -0.15) is 52.7 Å². The van der Waals surface area contributed by atoms with E-state index in [-0.39, 0.29) is 41.4 Å². The molecule has 0 aliphatic rings. The van der Waals surface area contributed by atoms with Gasteiger partial charge in [0.1, 0.15) is 0 Å². The SMILES string of the molecule is Cc1nc(NC(=O)c2ccccc2)sc1S(=O)(=O)Nc1ccc(C(O)(C(F)(F)F)C(F)(F)F)cc1.Cc1nc(NC(=O)c2ccccc2)sc1S(=O)(=O)Nc1ccc(C(O)(C(F)(F)F)C(F)(F)F)cc1. The van der Waals surface area contributed by atoms with Crippen LogP contribution in [0.3, 0.4) is 0 Å². The summed E-state index contributed by atoms with van der Waals surface area (Å²) in [4.78, 5) is 32.4. The van der Waals surface area contributed by atoms with Crippen LogP contribution in [0, 0.1) is 13.8 Å². The molecule has 0 atom stereocenters. The van der Waals surface area contributed by atoms with E-state index >= 15 is 0 Å². The number of nitrogens with one attached hydrogen (secondary N) is 4. The van der Waals surface area contributed by atoms with Crippen LogP contribution in [0.15, 0.2) is 118 Å². The third kappa shape index (κ3) is 11.6. The second kappa shape index (κ2) is 19.8. The van der Waals surface area contributed by atoms with E-state index in [1.54, 1.807) is 36.4 Å². The van der Waals surface area contributed by atoms with E-state index in [0.29, 0.717) is 82.3 Å². The highest BCUT2D eigenvalue weighted by atomic mass is 32.3. The number of nitrogens with zero attached hydrogens (tertiary/aromatic N) is 2. The molecule has 0 spiro atoms. The lowest BCUT2D eigenvalue weighted by molar-refractivity contribution is -0.376. The molecule has 6 aromatic rings. The average Bonchev–Trinajstić information content (AvgIpc) is 3.84. The van der Waals surface area contributed by atoms with E-state index in [4.69, 9.17) is 0 Å². The number of thiazole rings is 2. The second-order valence-corrected chi connectivity index (χ2v) is 20.0. The van der Waals surface area contributed by atoms with Gasteiger partial charge >= 0.3 is 24.7 Å². The Bertz CT molecular complexity index is 2820. The van der Waals surface area contributed by atoms with Crippen molar-refractivity contribution < 1.29 is 89.3 Å². The van der Waals surface area contributed by atoms with Crippen molar-refractivity contribution in [1.29, 1.82) is 0 Å². The highest BCUT2D eigenvalue weighted by molar-refractivity contribution is 7.95. The Morgan fingerprint density at radius 1 is 0.471 bits per heavy atom. The number of carbonyl (C=O) groups excluding carboxylic acids is 2. The average molecular weight is 1080 g/mol. The summed E-state index contributed by atoms with van der Waals surface area (Å²) in [6.45, 7) is 2.66. The third-order valence-electron chi connectivity index (χ3n) is 9.26. The van der Waals surface area contributed by atoms with Crippen molar-refractivity contribution in [3.63, 3.8) is 0 Å². The lowest BCUT2D eigenvalue weighted by atomic mass is 9.92. The Balaban J connectivity index is 0.000000261. The van der Waals surface area contributed by atoms with Crippen LogP contribution < -0.4 is 20.1 Å². The monoisotopic (exact) mass is 1080 g/mol. The van der Waals surface area contributed by atoms with E-state index in [1.165, 1.54) is 38.1 Å². The number of halogens is 12. The van der Waals surface area contributed by atoms with E-state index in [9.17, 15) is 89.3 Å². The molecule has 0 saturated heterocycles. The molecule has 2 amide bonds. The number of aromatic nitrogens is 2. The zero-order chi connectivity index (χ0) is 52.5. The number of aryl methyl sites for hydroxylation is 2. The van der Waals surface area contributed by atoms with Crippen LogP contribution in [0.4, 0.5) is 74.3 Å². The molecular formula is C40H30F12N6O8S4. The smallest absolute Gasteiger partial charge is 0.369 e. The van der Waals surface area contributed by atoms with E-state index in [2.05, 4.69) is 20.6 Å². The van der Waals surface area contributed by atoms with Gasteiger partial charge in [0.2, 0.25) is 0 Å². The van der Waals surface area contributed by atoms with Crippen molar-refractivity contribution in [1.82, 2.24) is 9.97 Å². The maximum atomic E-state index is 13.0. The lowest BCUT2D eigenvalue weighted by Crippen LogP contribution is -2.53. The Morgan fingerprint density at radius 2 is 0.743 bits per heavy atom. The van der Waals surface area contributed by atoms with Crippen molar-refractivity contribution in [2.45, 2.75) is 58.2 Å². The van der Waals surface area contributed by atoms with Crippen molar-refractivity contribution in [2.75, 3.05) is 20.1 Å². The summed E-state index contributed by atoms with van der Waals surface area (Å²) in [5.74, 6) is -1.10. The molecule has 0 saturated carbocycles. The van der Waals surface area contributed by atoms with Crippen LogP contribution in [0.1, 0.15) is 43.2 Å². The summed E-state index contributed by atoms with van der Waals surface area (Å²) in [6, 6.07) is 19.8. The maximum Gasteiger partial charge on any atom is 0.430 e. The molecule has 376 valence electrons. The zero-order valence-corrected chi connectivity index (χ0v) is 38.1. The topological polar surface area (TPSA) is 217 Å². The normalized spacial score (nSPS) is 12.9. The molecule has 70 heavy (non-hydrogen) atoms. The van der Waals surface area contributed by atoms with E-state index < -0.39 is 78.9 Å². The lowest BCUT2D eigenvalue weighted by Gasteiger charge is -2.32. The van der Waals surface area contributed by atoms with Gasteiger partial charge in [-0.25, -0.2) is 26.8 Å². The van der Waals surface area contributed by atoms with Crippen LogP contribution in [0.25, 0.3) is 0 Å². The first kappa shape index (κ1) is 54.6.